The van der Waals surface area contributed by atoms with Gasteiger partial charge in [0.2, 0.25) is 5.91 Å². The fourth-order valence-electron chi connectivity index (χ4n) is 3.23. The molecule has 1 saturated carbocycles. The van der Waals surface area contributed by atoms with E-state index in [1.165, 1.54) is 18.4 Å². The molecule has 3 nitrogen and oxygen atoms in total. The molecule has 1 aliphatic carbocycles. The van der Waals surface area contributed by atoms with Crippen LogP contribution in [0.1, 0.15) is 44.1 Å². The maximum absolute atomic E-state index is 12.3. The van der Waals surface area contributed by atoms with Gasteiger partial charge in [0, 0.05) is 10.9 Å². The summed E-state index contributed by atoms with van der Waals surface area (Å²) in [5.74, 6) is 0.934. The Bertz CT molecular complexity index is 513. The molecule has 1 heterocycles. The lowest BCUT2D eigenvalue weighted by Gasteiger charge is -2.23. The van der Waals surface area contributed by atoms with Crippen LogP contribution in [0.5, 0.6) is 0 Å². The molecule has 22 heavy (non-hydrogen) atoms. The van der Waals surface area contributed by atoms with Crippen LogP contribution in [-0.2, 0) is 10.3 Å². The van der Waals surface area contributed by atoms with Crippen molar-refractivity contribution in [2.24, 2.45) is 5.92 Å². The second-order valence-electron chi connectivity index (χ2n) is 6.37. The molecule has 1 aromatic rings. The number of amides is 1. The van der Waals surface area contributed by atoms with Gasteiger partial charge in [-0.1, -0.05) is 28.1 Å². The van der Waals surface area contributed by atoms with E-state index in [4.69, 9.17) is 0 Å². The van der Waals surface area contributed by atoms with Crippen LogP contribution in [0.4, 0.5) is 0 Å². The van der Waals surface area contributed by atoms with Gasteiger partial charge in [0.25, 0.3) is 0 Å². The molecule has 2 fully saturated rings. The first-order chi connectivity index (χ1) is 10.2. The quantitative estimate of drug-likeness (QED) is 0.808. The first-order valence-electron chi connectivity index (χ1n) is 7.96. The van der Waals surface area contributed by atoms with Gasteiger partial charge in [-0.15, -0.1) is 12.4 Å². The van der Waals surface area contributed by atoms with E-state index in [1.807, 2.05) is 12.1 Å². The number of nitrogens with one attached hydrogen (secondary N) is 2. The SMILES string of the molecule is Cl.O=C(CCC1CCNCC1)NC1(c2cccc(Br)c2)CC1. The van der Waals surface area contributed by atoms with Crippen LogP contribution in [0.2, 0.25) is 0 Å². The van der Waals surface area contributed by atoms with Crippen molar-refractivity contribution >= 4 is 34.2 Å². The normalized spacial score (nSPS) is 20.0. The molecule has 0 aromatic heterocycles. The first kappa shape index (κ1) is 17.8. The molecular weight excluding hydrogens is 364 g/mol. The Kier molecular flexibility index (Phi) is 6.30. The molecule has 0 unspecified atom stereocenters. The third-order valence-electron chi connectivity index (χ3n) is 4.74. The molecule has 0 radical (unpaired) electrons. The highest BCUT2D eigenvalue weighted by atomic mass is 79.9. The summed E-state index contributed by atoms with van der Waals surface area (Å²) in [6, 6.07) is 8.31. The van der Waals surface area contributed by atoms with Crippen molar-refractivity contribution in [2.75, 3.05) is 13.1 Å². The summed E-state index contributed by atoms with van der Waals surface area (Å²) in [5, 5.41) is 6.65. The number of halogens is 2. The van der Waals surface area contributed by atoms with Gasteiger partial charge in [-0.3, -0.25) is 4.79 Å². The fraction of sp³-hybridized carbons (Fsp3) is 0.588. The summed E-state index contributed by atoms with van der Waals surface area (Å²) in [6.07, 6.45) is 6.24. The maximum atomic E-state index is 12.3. The Morgan fingerprint density at radius 3 is 2.68 bits per heavy atom. The van der Waals surface area contributed by atoms with Crippen LogP contribution in [0.3, 0.4) is 0 Å². The summed E-state index contributed by atoms with van der Waals surface area (Å²) < 4.78 is 1.08. The minimum atomic E-state index is -0.0883. The first-order valence-corrected chi connectivity index (χ1v) is 8.75. The van der Waals surface area contributed by atoms with E-state index in [1.54, 1.807) is 0 Å². The molecule has 0 spiro atoms. The molecule has 1 amide bonds. The third kappa shape index (κ3) is 4.46. The van der Waals surface area contributed by atoms with Gasteiger partial charge in [-0.2, -0.15) is 0 Å². The molecule has 5 heteroatoms. The monoisotopic (exact) mass is 386 g/mol. The second kappa shape index (κ2) is 7.80. The molecule has 1 aromatic carbocycles. The minimum Gasteiger partial charge on any atom is -0.347 e. The van der Waals surface area contributed by atoms with E-state index in [0.29, 0.717) is 6.42 Å². The highest BCUT2D eigenvalue weighted by Gasteiger charge is 2.45. The lowest BCUT2D eigenvalue weighted by atomic mass is 9.93. The standard InChI is InChI=1S/C17H23BrN2O.ClH/c18-15-3-1-2-14(12-15)17(8-9-17)20-16(21)5-4-13-6-10-19-11-7-13;/h1-3,12-13,19H,4-11H2,(H,20,21);1H. The number of carbonyl (C=O) groups is 1. The fourth-order valence-corrected chi connectivity index (χ4v) is 3.63. The molecule has 2 aliphatic rings. The smallest absolute Gasteiger partial charge is 0.220 e. The van der Waals surface area contributed by atoms with E-state index >= 15 is 0 Å². The van der Waals surface area contributed by atoms with Gasteiger partial charge < -0.3 is 10.6 Å². The molecule has 0 atom stereocenters. The van der Waals surface area contributed by atoms with Crippen molar-refractivity contribution in [1.29, 1.82) is 0 Å². The Morgan fingerprint density at radius 1 is 1.32 bits per heavy atom. The van der Waals surface area contributed by atoms with Gasteiger partial charge in [0.1, 0.15) is 0 Å². The Hall–Kier alpha value is -0.580. The zero-order valence-corrected chi connectivity index (χ0v) is 15.1. The zero-order chi connectivity index (χ0) is 14.7. The third-order valence-corrected chi connectivity index (χ3v) is 5.24. The highest BCUT2D eigenvalue weighted by Crippen LogP contribution is 2.46. The molecule has 0 bridgehead atoms. The van der Waals surface area contributed by atoms with Crippen molar-refractivity contribution in [2.45, 2.75) is 44.1 Å². The predicted molar refractivity (Wildman–Crippen MR) is 95.3 cm³/mol. The molecule has 3 rings (SSSR count). The van der Waals surface area contributed by atoms with E-state index in [-0.39, 0.29) is 23.9 Å². The predicted octanol–water partition coefficient (Wildman–Crippen LogP) is 3.76. The number of benzene rings is 1. The van der Waals surface area contributed by atoms with Gasteiger partial charge in [0.05, 0.1) is 5.54 Å². The molecule has 122 valence electrons. The van der Waals surface area contributed by atoms with Crippen LogP contribution in [0.25, 0.3) is 0 Å². The van der Waals surface area contributed by atoms with Crippen molar-refractivity contribution in [3.8, 4) is 0 Å². The topological polar surface area (TPSA) is 41.1 Å². The lowest BCUT2D eigenvalue weighted by molar-refractivity contribution is -0.122. The van der Waals surface area contributed by atoms with Gasteiger partial charge in [-0.05, 0) is 68.8 Å². The van der Waals surface area contributed by atoms with Crippen LogP contribution in [0, 0.1) is 5.92 Å². The van der Waals surface area contributed by atoms with Crippen molar-refractivity contribution in [1.82, 2.24) is 10.6 Å². The van der Waals surface area contributed by atoms with Crippen LogP contribution in [0.15, 0.2) is 28.7 Å². The number of carbonyl (C=O) groups excluding carboxylic acids is 1. The average molecular weight is 388 g/mol. The molecular formula is C17H24BrClN2O. The molecule has 2 N–H and O–H groups in total. The molecule has 1 aliphatic heterocycles. The van der Waals surface area contributed by atoms with Gasteiger partial charge in [0.15, 0.2) is 0 Å². The minimum absolute atomic E-state index is 0. The average Bonchev–Trinajstić information content (AvgIpc) is 3.27. The number of hydrogen-bond acceptors (Lipinski definition) is 2. The summed E-state index contributed by atoms with van der Waals surface area (Å²) >= 11 is 3.51. The summed E-state index contributed by atoms with van der Waals surface area (Å²) in [4.78, 5) is 12.3. The Balaban J connectivity index is 0.00000176. The van der Waals surface area contributed by atoms with Crippen molar-refractivity contribution < 1.29 is 4.79 Å². The summed E-state index contributed by atoms with van der Waals surface area (Å²) in [6.45, 7) is 2.21. The van der Waals surface area contributed by atoms with E-state index in [0.717, 1.165) is 42.7 Å². The van der Waals surface area contributed by atoms with E-state index in [9.17, 15) is 4.79 Å². The molecule has 1 saturated heterocycles. The number of hydrogen-bond donors (Lipinski definition) is 2. The van der Waals surface area contributed by atoms with Crippen molar-refractivity contribution in [3.63, 3.8) is 0 Å². The number of piperidine rings is 1. The Labute approximate surface area is 147 Å². The van der Waals surface area contributed by atoms with Gasteiger partial charge in [-0.25, -0.2) is 0 Å². The largest absolute Gasteiger partial charge is 0.347 e. The van der Waals surface area contributed by atoms with E-state index in [2.05, 4.69) is 38.7 Å². The van der Waals surface area contributed by atoms with Crippen LogP contribution >= 0.6 is 28.3 Å². The van der Waals surface area contributed by atoms with Crippen LogP contribution < -0.4 is 10.6 Å². The summed E-state index contributed by atoms with van der Waals surface area (Å²) in [7, 11) is 0. The van der Waals surface area contributed by atoms with E-state index < -0.39 is 0 Å². The maximum Gasteiger partial charge on any atom is 0.220 e. The lowest BCUT2D eigenvalue weighted by Crippen LogP contribution is -2.35. The van der Waals surface area contributed by atoms with Gasteiger partial charge >= 0.3 is 0 Å². The number of rotatable bonds is 5. The second-order valence-corrected chi connectivity index (χ2v) is 7.29. The highest BCUT2D eigenvalue weighted by molar-refractivity contribution is 9.10. The zero-order valence-electron chi connectivity index (χ0n) is 12.7. The van der Waals surface area contributed by atoms with Crippen molar-refractivity contribution in [3.05, 3.63) is 34.3 Å². The summed E-state index contributed by atoms with van der Waals surface area (Å²) in [5.41, 5.74) is 1.14. The van der Waals surface area contributed by atoms with Crippen LogP contribution in [-0.4, -0.2) is 19.0 Å². The Morgan fingerprint density at radius 2 is 2.05 bits per heavy atom.